The van der Waals surface area contributed by atoms with Gasteiger partial charge in [-0.3, -0.25) is 4.90 Å². The number of hydrogen-bond acceptors (Lipinski definition) is 4. The van der Waals surface area contributed by atoms with Crippen molar-refractivity contribution < 1.29 is 9.52 Å². The largest absolute Gasteiger partial charge is 0.468 e. The molecule has 1 fully saturated rings. The van der Waals surface area contributed by atoms with Crippen molar-refractivity contribution in [1.29, 1.82) is 0 Å². The Bertz CT molecular complexity index is 560. The van der Waals surface area contributed by atoms with Crippen molar-refractivity contribution in [3.8, 4) is 0 Å². The topological polar surface area (TPSA) is 48.6 Å². The van der Waals surface area contributed by atoms with Gasteiger partial charge in [-0.1, -0.05) is 24.3 Å². The summed E-state index contributed by atoms with van der Waals surface area (Å²) >= 11 is 0. The van der Waals surface area contributed by atoms with Crippen molar-refractivity contribution in [2.75, 3.05) is 13.1 Å². The predicted octanol–water partition coefficient (Wildman–Crippen LogP) is 2.53. The van der Waals surface area contributed by atoms with Crippen LogP contribution in [0.5, 0.6) is 0 Å². The minimum Gasteiger partial charge on any atom is -0.468 e. The average Bonchev–Trinajstić information content (AvgIpc) is 3.05. The smallest absolute Gasteiger partial charge is 0.117 e. The monoisotopic (exact) mass is 300 g/mol. The van der Waals surface area contributed by atoms with Crippen molar-refractivity contribution in [2.24, 2.45) is 0 Å². The Balaban J connectivity index is 1.55. The lowest BCUT2D eigenvalue weighted by Gasteiger charge is -2.30. The first-order valence-corrected chi connectivity index (χ1v) is 8.01. The van der Waals surface area contributed by atoms with E-state index in [1.807, 2.05) is 12.1 Å². The second kappa shape index (κ2) is 7.58. The van der Waals surface area contributed by atoms with E-state index in [1.54, 1.807) is 6.26 Å². The number of benzene rings is 1. The predicted molar refractivity (Wildman–Crippen MR) is 86.2 cm³/mol. The van der Waals surface area contributed by atoms with Gasteiger partial charge in [0.2, 0.25) is 0 Å². The number of nitrogens with zero attached hydrogens (tertiary/aromatic N) is 1. The third-order valence-electron chi connectivity index (χ3n) is 4.26. The third kappa shape index (κ3) is 4.19. The van der Waals surface area contributed by atoms with Crippen molar-refractivity contribution in [2.45, 2.75) is 38.6 Å². The Hall–Kier alpha value is -1.62. The summed E-state index contributed by atoms with van der Waals surface area (Å²) in [5, 5.41) is 13.0. The lowest BCUT2D eigenvalue weighted by molar-refractivity contribution is 0.0791. The summed E-state index contributed by atoms with van der Waals surface area (Å²) in [5.41, 5.74) is 2.70. The summed E-state index contributed by atoms with van der Waals surface area (Å²) in [4.78, 5) is 2.43. The zero-order chi connectivity index (χ0) is 15.2. The van der Waals surface area contributed by atoms with Crippen LogP contribution in [0.25, 0.3) is 0 Å². The van der Waals surface area contributed by atoms with Gasteiger partial charge in [0, 0.05) is 26.2 Å². The Morgan fingerprint density at radius 1 is 1.05 bits per heavy atom. The molecule has 1 aromatic carbocycles. The molecule has 0 amide bonds. The van der Waals surface area contributed by atoms with Gasteiger partial charge < -0.3 is 14.8 Å². The number of rotatable bonds is 6. The number of aliphatic hydroxyl groups excluding tert-OH is 1. The first-order chi connectivity index (χ1) is 10.8. The summed E-state index contributed by atoms with van der Waals surface area (Å²) in [6.07, 6.45) is 3.37. The number of nitrogens with one attached hydrogen (secondary N) is 1. The number of furan rings is 1. The van der Waals surface area contributed by atoms with E-state index in [0.29, 0.717) is 0 Å². The Morgan fingerprint density at radius 3 is 2.55 bits per heavy atom. The summed E-state index contributed by atoms with van der Waals surface area (Å²) < 4.78 is 5.34. The summed E-state index contributed by atoms with van der Waals surface area (Å²) in [5.74, 6) is 0.961. The fourth-order valence-corrected chi connectivity index (χ4v) is 2.94. The van der Waals surface area contributed by atoms with Crippen LogP contribution < -0.4 is 5.32 Å². The lowest BCUT2D eigenvalue weighted by atomic mass is 10.0. The van der Waals surface area contributed by atoms with Gasteiger partial charge in [-0.25, -0.2) is 0 Å². The highest BCUT2D eigenvalue weighted by Gasteiger charge is 2.17. The highest BCUT2D eigenvalue weighted by molar-refractivity contribution is 5.27. The van der Waals surface area contributed by atoms with Crippen LogP contribution in [0, 0.1) is 0 Å². The Morgan fingerprint density at radius 2 is 1.82 bits per heavy atom. The molecule has 0 atom stereocenters. The molecule has 2 aromatic rings. The van der Waals surface area contributed by atoms with E-state index in [2.05, 4.69) is 34.5 Å². The summed E-state index contributed by atoms with van der Waals surface area (Å²) in [6.45, 7) is 4.51. The van der Waals surface area contributed by atoms with Gasteiger partial charge in [-0.15, -0.1) is 0 Å². The van der Waals surface area contributed by atoms with E-state index in [9.17, 15) is 5.11 Å². The van der Waals surface area contributed by atoms with Gasteiger partial charge in [-0.2, -0.15) is 0 Å². The minimum atomic E-state index is -0.110. The van der Waals surface area contributed by atoms with E-state index in [4.69, 9.17) is 4.42 Å². The van der Waals surface area contributed by atoms with Crippen molar-refractivity contribution in [3.05, 3.63) is 59.5 Å². The molecule has 1 aliphatic rings. The molecule has 0 spiro atoms. The van der Waals surface area contributed by atoms with Gasteiger partial charge in [-0.05, 0) is 36.1 Å². The standard InChI is InChI=1S/C18H24N2O2/c21-17-7-9-20(10-8-17)14-16-5-2-1-4-15(16)12-19-13-18-6-3-11-22-18/h1-6,11,17,19,21H,7-10,12-14H2. The van der Waals surface area contributed by atoms with Gasteiger partial charge in [0.05, 0.1) is 18.9 Å². The first kappa shape index (κ1) is 15.3. The SMILES string of the molecule is OC1CCN(Cc2ccccc2CNCc2ccco2)CC1. The van der Waals surface area contributed by atoms with Crippen LogP contribution in [-0.4, -0.2) is 29.2 Å². The molecule has 22 heavy (non-hydrogen) atoms. The van der Waals surface area contributed by atoms with Crippen LogP contribution in [0.1, 0.15) is 29.7 Å². The molecule has 1 saturated heterocycles. The van der Waals surface area contributed by atoms with Crippen LogP contribution in [0.2, 0.25) is 0 Å². The Labute approximate surface area is 131 Å². The van der Waals surface area contributed by atoms with Crippen molar-refractivity contribution in [3.63, 3.8) is 0 Å². The fraction of sp³-hybridized carbons (Fsp3) is 0.444. The van der Waals surface area contributed by atoms with E-state index in [0.717, 1.165) is 51.3 Å². The molecule has 1 aliphatic heterocycles. The number of piperidine rings is 1. The van der Waals surface area contributed by atoms with Crippen molar-refractivity contribution >= 4 is 0 Å². The van der Waals surface area contributed by atoms with Crippen LogP contribution in [-0.2, 0) is 19.6 Å². The number of hydrogen-bond donors (Lipinski definition) is 2. The summed E-state index contributed by atoms with van der Waals surface area (Å²) in [6, 6.07) is 12.5. The molecule has 2 heterocycles. The van der Waals surface area contributed by atoms with E-state index in [-0.39, 0.29) is 6.10 Å². The molecule has 0 bridgehead atoms. The fourth-order valence-electron chi connectivity index (χ4n) is 2.94. The van der Waals surface area contributed by atoms with Gasteiger partial charge in [0.1, 0.15) is 5.76 Å². The molecule has 2 N–H and O–H groups in total. The second-order valence-corrected chi connectivity index (χ2v) is 5.96. The molecule has 0 saturated carbocycles. The minimum absolute atomic E-state index is 0.110. The normalized spacial score (nSPS) is 17.0. The Kier molecular flexibility index (Phi) is 5.27. The van der Waals surface area contributed by atoms with Gasteiger partial charge >= 0.3 is 0 Å². The maximum Gasteiger partial charge on any atom is 0.117 e. The van der Waals surface area contributed by atoms with Crippen molar-refractivity contribution in [1.82, 2.24) is 10.2 Å². The molecule has 4 heteroatoms. The quantitative estimate of drug-likeness (QED) is 0.860. The van der Waals surface area contributed by atoms with E-state index >= 15 is 0 Å². The molecule has 3 rings (SSSR count). The van der Waals surface area contributed by atoms with Crippen LogP contribution in [0.4, 0.5) is 0 Å². The molecule has 1 aromatic heterocycles. The zero-order valence-electron chi connectivity index (χ0n) is 12.9. The van der Waals surface area contributed by atoms with E-state index in [1.165, 1.54) is 11.1 Å². The number of aliphatic hydroxyl groups is 1. The van der Waals surface area contributed by atoms with Crippen LogP contribution >= 0.6 is 0 Å². The maximum absolute atomic E-state index is 9.61. The molecule has 118 valence electrons. The van der Waals surface area contributed by atoms with E-state index < -0.39 is 0 Å². The highest BCUT2D eigenvalue weighted by atomic mass is 16.3. The van der Waals surface area contributed by atoms with Crippen LogP contribution in [0.15, 0.2) is 47.1 Å². The third-order valence-corrected chi connectivity index (χ3v) is 4.26. The average molecular weight is 300 g/mol. The molecule has 0 unspecified atom stereocenters. The molecular weight excluding hydrogens is 276 g/mol. The summed E-state index contributed by atoms with van der Waals surface area (Å²) in [7, 11) is 0. The molecular formula is C18H24N2O2. The first-order valence-electron chi connectivity index (χ1n) is 8.01. The molecule has 0 aliphatic carbocycles. The highest BCUT2D eigenvalue weighted by Crippen LogP contribution is 2.16. The zero-order valence-corrected chi connectivity index (χ0v) is 12.9. The van der Waals surface area contributed by atoms with Crippen LogP contribution in [0.3, 0.4) is 0 Å². The molecule has 0 radical (unpaired) electrons. The second-order valence-electron chi connectivity index (χ2n) is 5.96. The van der Waals surface area contributed by atoms with Gasteiger partial charge in [0.25, 0.3) is 0 Å². The van der Waals surface area contributed by atoms with Gasteiger partial charge in [0.15, 0.2) is 0 Å². The number of likely N-dealkylation sites (tertiary alicyclic amines) is 1. The maximum atomic E-state index is 9.61. The molecule has 4 nitrogen and oxygen atoms in total. The lowest BCUT2D eigenvalue weighted by Crippen LogP contribution is -2.35.